The Morgan fingerprint density at radius 2 is 1.79 bits per heavy atom. The summed E-state index contributed by atoms with van der Waals surface area (Å²) in [5.74, 6) is -1.71. The van der Waals surface area contributed by atoms with E-state index in [1.165, 1.54) is 13.2 Å². The van der Waals surface area contributed by atoms with Crippen molar-refractivity contribution in [2.24, 2.45) is 0 Å². The Bertz CT molecular complexity index is 1070. The van der Waals surface area contributed by atoms with Gasteiger partial charge in [-0.3, -0.25) is 4.79 Å². The molecule has 0 spiro atoms. The van der Waals surface area contributed by atoms with Crippen LogP contribution in [0.4, 0.5) is 5.69 Å². The van der Waals surface area contributed by atoms with Gasteiger partial charge in [-0.15, -0.1) is 0 Å². The Balaban J connectivity index is 1.72. The van der Waals surface area contributed by atoms with E-state index in [0.717, 1.165) is 6.07 Å². The van der Waals surface area contributed by atoms with Crippen molar-refractivity contribution >= 4 is 39.9 Å². The van der Waals surface area contributed by atoms with Crippen molar-refractivity contribution in [1.82, 2.24) is 0 Å². The van der Waals surface area contributed by atoms with Gasteiger partial charge in [0.05, 0.1) is 12.8 Å². The van der Waals surface area contributed by atoms with Crippen LogP contribution in [0.3, 0.4) is 0 Å². The van der Waals surface area contributed by atoms with Crippen LogP contribution in [0.25, 0.3) is 10.8 Å². The van der Waals surface area contributed by atoms with Crippen molar-refractivity contribution in [3.8, 4) is 17.2 Å². The first-order valence-corrected chi connectivity index (χ1v) is 8.52. The molecule has 3 aromatic carbocycles. The van der Waals surface area contributed by atoms with Gasteiger partial charge in [0.15, 0.2) is 6.61 Å². The van der Waals surface area contributed by atoms with Crippen LogP contribution in [0.2, 0.25) is 5.02 Å². The van der Waals surface area contributed by atoms with Crippen LogP contribution in [-0.4, -0.2) is 35.8 Å². The Hall–Kier alpha value is -3.45. The van der Waals surface area contributed by atoms with E-state index in [2.05, 4.69) is 5.32 Å². The number of carbonyl (C=O) groups is 2. The number of rotatable bonds is 5. The molecule has 0 aliphatic heterocycles. The zero-order chi connectivity index (χ0) is 20.3. The first-order chi connectivity index (χ1) is 13.4. The smallest absolute Gasteiger partial charge is 0.342 e. The van der Waals surface area contributed by atoms with E-state index in [-0.39, 0.29) is 17.1 Å². The molecule has 7 nitrogen and oxygen atoms in total. The number of anilines is 1. The zero-order valence-electron chi connectivity index (χ0n) is 14.7. The standard InChI is InChI=1S/C20H16ClNO6/c1-27-17-7-6-11(21)8-15(17)22-18(24)10-28-20(26)14-9-16(23)12-4-2-3-5-13(12)19(14)25/h2-9,23,25H,10H2,1H3,(H,22,24). The third kappa shape index (κ3) is 3.94. The van der Waals surface area contributed by atoms with Crippen LogP contribution in [0.15, 0.2) is 48.5 Å². The van der Waals surface area contributed by atoms with Gasteiger partial charge < -0.3 is 25.0 Å². The summed E-state index contributed by atoms with van der Waals surface area (Å²) in [5.41, 5.74) is 0.0755. The largest absolute Gasteiger partial charge is 0.507 e. The molecule has 28 heavy (non-hydrogen) atoms. The zero-order valence-corrected chi connectivity index (χ0v) is 15.5. The summed E-state index contributed by atoms with van der Waals surface area (Å²) in [6.07, 6.45) is 0. The minimum absolute atomic E-state index is 0.187. The molecule has 0 bridgehead atoms. The number of methoxy groups -OCH3 is 1. The molecule has 0 saturated heterocycles. The molecule has 0 heterocycles. The maximum absolute atomic E-state index is 12.3. The Labute approximate surface area is 165 Å². The van der Waals surface area contributed by atoms with Gasteiger partial charge in [0.1, 0.15) is 22.8 Å². The number of carbonyl (C=O) groups excluding carboxylic acids is 2. The first kappa shape index (κ1) is 19.3. The summed E-state index contributed by atoms with van der Waals surface area (Å²) < 4.78 is 10.1. The highest BCUT2D eigenvalue weighted by Gasteiger charge is 2.19. The Kier molecular flexibility index (Phi) is 5.56. The van der Waals surface area contributed by atoms with Crippen LogP contribution in [0, 0.1) is 0 Å². The fourth-order valence-electron chi connectivity index (χ4n) is 2.67. The van der Waals surface area contributed by atoms with Gasteiger partial charge in [0.25, 0.3) is 5.91 Å². The molecule has 0 aliphatic rings. The maximum atomic E-state index is 12.3. The normalized spacial score (nSPS) is 10.5. The van der Waals surface area contributed by atoms with E-state index in [1.807, 2.05) is 0 Å². The summed E-state index contributed by atoms with van der Waals surface area (Å²) in [5, 5.41) is 24.0. The van der Waals surface area contributed by atoms with Gasteiger partial charge in [-0.2, -0.15) is 0 Å². The number of amides is 1. The highest BCUT2D eigenvalue weighted by Crippen LogP contribution is 2.35. The number of hydrogen-bond donors (Lipinski definition) is 3. The molecule has 0 fully saturated rings. The minimum Gasteiger partial charge on any atom is -0.507 e. The number of esters is 1. The van der Waals surface area contributed by atoms with E-state index in [4.69, 9.17) is 21.1 Å². The van der Waals surface area contributed by atoms with Crippen LogP contribution in [0.1, 0.15) is 10.4 Å². The lowest BCUT2D eigenvalue weighted by atomic mass is 10.0. The number of aromatic hydroxyl groups is 2. The summed E-state index contributed by atoms with van der Waals surface area (Å²) in [6.45, 7) is -0.610. The minimum atomic E-state index is -0.952. The highest BCUT2D eigenvalue weighted by atomic mass is 35.5. The van der Waals surface area contributed by atoms with E-state index < -0.39 is 18.5 Å². The lowest BCUT2D eigenvalue weighted by Crippen LogP contribution is -2.21. The molecular weight excluding hydrogens is 386 g/mol. The predicted octanol–water partition coefficient (Wildman–Crippen LogP) is 3.71. The number of fused-ring (bicyclic) bond motifs is 1. The molecule has 1 amide bonds. The Morgan fingerprint density at radius 1 is 1.07 bits per heavy atom. The third-order valence-corrected chi connectivity index (χ3v) is 4.22. The monoisotopic (exact) mass is 401 g/mol. The van der Waals surface area contributed by atoms with Gasteiger partial charge in [-0.25, -0.2) is 4.79 Å². The van der Waals surface area contributed by atoms with Gasteiger partial charge in [0.2, 0.25) is 0 Å². The van der Waals surface area contributed by atoms with E-state index in [1.54, 1.807) is 36.4 Å². The number of halogens is 1. The topological polar surface area (TPSA) is 105 Å². The number of nitrogens with one attached hydrogen (secondary N) is 1. The van der Waals surface area contributed by atoms with Crippen LogP contribution >= 0.6 is 11.6 Å². The molecule has 3 rings (SSSR count). The van der Waals surface area contributed by atoms with Crippen molar-refractivity contribution in [2.45, 2.75) is 0 Å². The number of hydrogen-bond acceptors (Lipinski definition) is 6. The van der Waals surface area contributed by atoms with Gasteiger partial charge >= 0.3 is 5.97 Å². The van der Waals surface area contributed by atoms with E-state index >= 15 is 0 Å². The fourth-order valence-corrected chi connectivity index (χ4v) is 2.84. The summed E-state index contributed by atoms with van der Waals surface area (Å²) in [4.78, 5) is 24.4. The van der Waals surface area contributed by atoms with Crippen molar-refractivity contribution in [1.29, 1.82) is 0 Å². The maximum Gasteiger partial charge on any atom is 0.342 e. The SMILES string of the molecule is COc1ccc(Cl)cc1NC(=O)COC(=O)c1cc(O)c2ccccc2c1O. The van der Waals surface area contributed by atoms with Crippen molar-refractivity contribution in [3.05, 3.63) is 59.1 Å². The van der Waals surface area contributed by atoms with Crippen molar-refractivity contribution in [2.75, 3.05) is 19.0 Å². The number of phenols is 2. The summed E-state index contributed by atoms with van der Waals surface area (Å²) in [7, 11) is 1.44. The van der Waals surface area contributed by atoms with Crippen LogP contribution < -0.4 is 10.1 Å². The number of benzene rings is 3. The van der Waals surface area contributed by atoms with Crippen molar-refractivity contribution < 1.29 is 29.3 Å². The summed E-state index contributed by atoms with van der Waals surface area (Å²) in [6, 6.07) is 12.3. The van der Waals surface area contributed by atoms with Crippen LogP contribution in [0.5, 0.6) is 17.2 Å². The van der Waals surface area contributed by atoms with Gasteiger partial charge in [-0.1, -0.05) is 35.9 Å². The average Bonchev–Trinajstić information content (AvgIpc) is 2.69. The lowest BCUT2D eigenvalue weighted by Gasteiger charge is -2.12. The number of ether oxygens (including phenoxy) is 2. The second-order valence-electron chi connectivity index (χ2n) is 5.81. The molecular formula is C20H16ClNO6. The van der Waals surface area contributed by atoms with E-state index in [9.17, 15) is 19.8 Å². The second-order valence-corrected chi connectivity index (χ2v) is 6.24. The Morgan fingerprint density at radius 3 is 2.50 bits per heavy atom. The molecule has 0 aromatic heterocycles. The molecule has 144 valence electrons. The average molecular weight is 402 g/mol. The highest BCUT2D eigenvalue weighted by molar-refractivity contribution is 6.31. The summed E-state index contributed by atoms with van der Waals surface area (Å²) >= 11 is 5.90. The third-order valence-electron chi connectivity index (χ3n) is 3.98. The molecule has 0 radical (unpaired) electrons. The van der Waals surface area contributed by atoms with Gasteiger partial charge in [0, 0.05) is 15.8 Å². The fraction of sp³-hybridized carbons (Fsp3) is 0.100. The lowest BCUT2D eigenvalue weighted by molar-refractivity contribution is -0.119. The molecule has 0 unspecified atom stereocenters. The van der Waals surface area contributed by atoms with E-state index in [0.29, 0.717) is 27.2 Å². The molecule has 0 saturated carbocycles. The quantitative estimate of drug-likeness (QED) is 0.444. The number of phenolic OH excluding ortho intramolecular Hbond substituents is 2. The predicted molar refractivity (Wildman–Crippen MR) is 104 cm³/mol. The second kappa shape index (κ2) is 8.06. The molecule has 3 N–H and O–H groups in total. The molecule has 0 atom stereocenters. The van der Waals surface area contributed by atoms with Crippen molar-refractivity contribution in [3.63, 3.8) is 0 Å². The molecule has 8 heteroatoms. The van der Waals surface area contributed by atoms with Crippen LogP contribution in [-0.2, 0) is 9.53 Å². The first-order valence-electron chi connectivity index (χ1n) is 8.15. The van der Waals surface area contributed by atoms with Gasteiger partial charge in [-0.05, 0) is 24.3 Å². The molecule has 3 aromatic rings. The molecule has 0 aliphatic carbocycles.